The Morgan fingerprint density at radius 2 is 1.96 bits per heavy atom. The molecule has 1 saturated heterocycles. The SMILES string of the molecule is Cc1ccc(C(=O)CN2C(=O)CN(/N=C/c3ccc([N+](=O)[O-])o3)C2=O)cc1. The van der Waals surface area contributed by atoms with E-state index in [0.29, 0.717) is 5.56 Å². The molecule has 0 bridgehead atoms. The van der Waals surface area contributed by atoms with Gasteiger partial charge in [-0.1, -0.05) is 29.8 Å². The van der Waals surface area contributed by atoms with Crippen LogP contribution in [0.25, 0.3) is 0 Å². The van der Waals surface area contributed by atoms with Crippen molar-refractivity contribution in [1.29, 1.82) is 0 Å². The molecule has 2 aromatic rings. The van der Waals surface area contributed by atoms with Crippen LogP contribution in [-0.4, -0.2) is 51.9 Å². The molecule has 10 heteroatoms. The van der Waals surface area contributed by atoms with E-state index >= 15 is 0 Å². The molecule has 10 nitrogen and oxygen atoms in total. The number of hydrogen-bond donors (Lipinski definition) is 0. The first-order chi connectivity index (χ1) is 12.8. The first-order valence-corrected chi connectivity index (χ1v) is 7.85. The highest BCUT2D eigenvalue weighted by atomic mass is 16.6. The minimum atomic E-state index is -0.752. The zero-order valence-corrected chi connectivity index (χ0v) is 14.2. The molecule has 1 aliphatic heterocycles. The van der Waals surface area contributed by atoms with Gasteiger partial charge in [-0.15, -0.1) is 0 Å². The molecular formula is C17H14N4O6. The maximum Gasteiger partial charge on any atom is 0.433 e. The van der Waals surface area contributed by atoms with E-state index in [9.17, 15) is 24.5 Å². The Kier molecular flexibility index (Phi) is 4.79. The van der Waals surface area contributed by atoms with Crippen LogP contribution in [0.15, 0.2) is 45.9 Å². The molecule has 2 heterocycles. The second kappa shape index (κ2) is 7.20. The molecule has 0 saturated carbocycles. The first-order valence-electron chi connectivity index (χ1n) is 7.85. The van der Waals surface area contributed by atoms with E-state index < -0.39 is 22.7 Å². The van der Waals surface area contributed by atoms with E-state index in [-0.39, 0.29) is 24.6 Å². The van der Waals surface area contributed by atoms with E-state index in [1.54, 1.807) is 24.3 Å². The molecule has 1 aliphatic rings. The van der Waals surface area contributed by atoms with E-state index in [1.807, 2.05) is 6.92 Å². The number of ketones is 1. The largest absolute Gasteiger partial charge is 0.433 e. The Bertz CT molecular complexity index is 947. The van der Waals surface area contributed by atoms with Crippen LogP contribution in [0.4, 0.5) is 10.7 Å². The van der Waals surface area contributed by atoms with E-state index in [2.05, 4.69) is 5.10 Å². The number of nitrogens with zero attached hydrogens (tertiary/aromatic N) is 4. The van der Waals surface area contributed by atoms with Gasteiger partial charge in [-0.25, -0.2) is 9.80 Å². The summed E-state index contributed by atoms with van der Waals surface area (Å²) in [7, 11) is 0. The molecule has 0 aliphatic carbocycles. The highest BCUT2D eigenvalue weighted by Gasteiger charge is 2.37. The van der Waals surface area contributed by atoms with Crippen molar-refractivity contribution in [2.24, 2.45) is 5.10 Å². The summed E-state index contributed by atoms with van der Waals surface area (Å²) >= 11 is 0. The molecule has 0 unspecified atom stereocenters. The third kappa shape index (κ3) is 3.89. The lowest BCUT2D eigenvalue weighted by atomic mass is 10.1. The van der Waals surface area contributed by atoms with Crippen molar-refractivity contribution in [3.05, 3.63) is 63.4 Å². The molecule has 138 valence electrons. The topological polar surface area (TPSA) is 126 Å². The minimum Gasteiger partial charge on any atom is -0.400 e. The molecule has 0 radical (unpaired) electrons. The third-order valence-corrected chi connectivity index (χ3v) is 3.83. The van der Waals surface area contributed by atoms with Crippen LogP contribution < -0.4 is 0 Å². The van der Waals surface area contributed by atoms with Gasteiger partial charge in [0, 0.05) is 5.56 Å². The average Bonchev–Trinajstić information content (AvgIpc) is 3.21. The summed E-state index contributed by atoms with van der Waals surface area (Å²) < 4.78 is 4.89. The summed E-state index contributed by atoms with van der Waals surface area (Å²) in [5.74, 6) is -1.35. The Labute approximate surface area is 152 Å². The number of rotatable bonds is 6. The number of hydrazone groups is 1. The van der Waals surface area contributed by atoms with Crippen LogP contribution >= 0.6 is 0 Å². The van der Waals surface area contributed by atoms with Gasteiger partial charge in [0.25, 0.3) is 5.91 Å². The fraction of sp³-hybridized carbons (Fsp3) is 0.176. The maximum atomic E-state index is 12.3. The van der Waals surface area contributed by atoms with Crippen LogP contribution in [0.2, 0.25) is 0 Å². The van der Waals surface area contributed by atoms with Crippen LogP contribution in [0, 0.1) is 17.0 Å². The number of nitro groups is 1. The Morgan fingerprint density at radius 1 is 1.26 bits per heavy atom. The second-order valence-corrected chi connectivity index (χ2v) is 5.79. The molecule has 0 spiro atoms. The molecule has 0 atom stereocenters. The monoisotopic (exact) mass is 370 g/mol. The minimum absolute atomic E-state index is 0.0520. The lowest BCUT2D eigenvalue weighted by Gasteiger charge is -2.13. The van der Waals surface area contributed by atoms with Gasteiger partial charge in [-0.3, -0.25) is 24.6 Å². The van der Waals surface area contributed by atoms with Crippen molar-refractivity contribution in [3.63, 3.8) is 0 Å². The molecule has 1 fully saturated rings. The van der Waals surface area contributed by atoms with Crippen molar-refractivity contribution >= 4 is 29.8 Å². The Balaban J connectivity index is 1.67. The number of furan rings is 1. The number of urea groups is 1. The van der Waals surface area contributed by atoms with Gasteiger partial charge >= 0.3 is 11.9 Å². The van der Waals surface area contributed by atoms with Crippen molar-refractivity contribution in [1.82, 2.24) is 9.91 Å². The van der Waals surface area contributed by atoms with E-state index in [1.165, 1.54) is 6.07 Å². The summed E-state index contributed by atoms with van der Waals surface area (Å²) in [6, 6.07) is 8.48. The van der Waals surface area contributed by atoms with Crippen LogP contribution in [0.1, 0.15) is 21.7 Å². The number of aryl methyl sites for hydroxylation is 1. The van der Waals surface area contributed by atoms with Crippen molar-refractivity contribution in [2.75, 3.05) is 13.1 Å². The average molecular weight is 370 g/mol. The quantitative estimate of drug-likeness (QED) is 0.252. The standard InChI is InChI=1S/C17H14N4O6/c1-11-2-4-12(5-3-11)14(22)9-19-15(23)10-20(17(19)24)18-8-13-6-7-16(27-13)21(25)26/h2-8H,9-10H2,1H3/b18-8+. The van der Waals surface area contributed by atoms with Gasteiger partial charge in [-0.2, -0.15) is 5.10 Å². The van der Waals surface area contributed by atoms with Gasteiger partial charge in [0.15, 0.2) is 11.5 Å². The zero-order valence-electron chi connectivity index (χ0n) is 14.2. The van der Waals surface area contributed by atoms with Crippen LogP contribution in [0.3, 0.4) is 0 Å². The molecule has 3 amide bonds. The van der Waals surface area contributed by atoms with Crippen LogP contribution in [0.5, 0.6) is 0 Å². The predicted octanol–water partition coefficient (Wildman–Crippen LogP) is 1.98. The second-order valence-electron chi connectivity index (χ2n) is 5.79. The Morgan fingerprint density at radius 3 is 2.59 bits per heavy atom. The summed E-state index contributed by atoms with van der Waals surface area (Å²) in [5.41, 5.74) is 1.38. The van der Waals surface area contributed by atoms with Crippen LogP contribution in [-0.2, 0) is 4.79 Å². The molecule has 0 N–H and O–H groups in total. The summed E-state index contributed by atoms with van der Waals surface area (Å²) in [4.78, 5) is 47.3. The third-order valence-electron chi connectivity index (χ3n) is 3.83. The summed E-state index contributed by atoms with van der Waals surface area (Å²) in [5, 5.41) is 15.2. The number of Topliss-reactive ketones (excluding diaryl/α,β-unsaturated/α-hetero) is 1. The normalized spacial score (nSPS) is 14.4. The van der Waals surface area contributed by atoms with Gasteiger partial charge < -0.3 is 4.42 Å². The number of imide groups is 1. The summed E-state index contributed by atoms with van der Waals surface area (Å²) in [6.45, 7) is 1.16. The van der Waals surface area contributed by atoms with Crippen molar-refractivity contribution in [2.45, 2.75) is 6.92 Å². The van der Waals surface area contributed by atoms with Crippen molar-refractivity contribution in [3.8, 4) is 0 Å². The fourth-order valence-electron chi connectivity index (χ4n) is 2.38. The fourth-order valence-corrected chi connectivity index (χ4v) is 2.38. The number of benzene rings is 1. The van der Waals surface area contributed by atoms with Gasteiger partial charge in [-0.05, 0) is 13.0 Å². The lowest BCUT2D eigenvalue weighted by molar-refractivity contribution is -0.402. The molecule has 1 aromatic carbocycles. The zero-order chi connectivity index (χ0) is 19.6. The van der Waals surface area contributed by atoms with Gasteiger partial charge in [0.1, 0.15) is 11.5 Å². The van der Waals surface area contributed by atoms with Crippen molar-refractivity contribution < 1.29 is 23.7 Å². The first kappa shape index (κ1) is 18.0. The molecular weight excluding hydrogens is 356 g/mol. The van der Waals surface area contributed by atoms with E-state index in [0.717, 1.165) is 27.8 Å². The molecule has 27 heavy (non-hydrogen) atoms. The van der Waals surface area contributed by atoms with Gasteiger partial charge in [0.05, 0.1) is 18.8 Å². The smallest absolute Gasteiger partial charge is 0.400 e. The number of carbonyl (C=O) groups excluding carboxylic acids is 3. The van der Waals surface area contributed by atoms with Gasteiger partial charge in [0.2, 0.25) is 0 Å². The number of hydrogen-bond acceptors (Lipinski definition) is 7. The highest BCUT2D eigenvalue weighted by molar-refractivity contribution is 6.08. The highest BCUT2D eigenvalue weighted by Crippen LogP contribution is 2.16. The number of carbonyl (C=O) groups is 3. The number of amides is 3. The maximum absolute atomic E-state index is 12.3. The summed E-state index contributed by atoms with van der Waals surface area (Å²) in [6.07, 6.45) is 1.09. The van der Waals surface area contributed by atoms with E-state index in [4.69, 9.17) is 4.42 Å². The Hall–Kier alpha value is -3.82. The lowest BCUT2D eigenvalue weighted by Crippen LogP contribution is -2.36. The molecule has 1 aromatic heterocycles. The predicted molar refractivity (Wildman–Crippen MR) is 92.3 cm³/mol. The molecule has 3 rings (SSSR count).